The summed E-state index contributed by atoms with van der Waals surface area (Å²) in [5.74, 6) is 0.307. The zero-order valence-electron chi connectivity index (χ0n) is 12.2. The largest absolute Gasteiger partial charge is 0.368 e. The van der Waals surface area contributed by atoms with Crippen LogP contribution < -0.4 is 11.1 Å². The summed E-state index contributed by atoms with van der Waals surface area (Å²) in [5.41, 5.74) is 5.84. The highest BCUT2D eigenvalue weighted by molar-refractivity contribution is 8.00. The van der Waals surface area contributed by atoms with Gasteiger partial charge in [-0.1, -0.05) is 58.0 Å². The molecule has 1 unspecified atom stereocenters. The SMILES string of the molecule is CCNC(CSC(C)(C)C)(C(N)=O)c1ccccc1. The van der Waals surface area contributed by atoms with Crippen molar-refractivity contribution in [1.82, 2.24) is 5.32 Å². The number of likely N-dealkylation sites (N-methyl/N-ethyl adjacent to an activating group) is 1. The van der Waals surface area contributed by atoms with Gasteiger partial charge in [-0.05, 0) is 12.1 Å². The van der Waals surface area contributed by atoms with Gasteiger partial charge in [0.2, 0.25) is 5.91 Å². The van der Waals surface area contributed by atoms with E-state index >= 15 is 0 Å². The third-order valence-electron chi connectivity index (χ3n) is 2.89. The maximum absolute atomic E-state index is 12.1. The second-order valence-corrected chi connectivity index (χ2v) is 7.37. The van der Waals surface area contributed by atoms with Gasteiger partial charge in [0.15, 0.2) is 0 Å². The Hall–Kier alpha value is -1.00. The summed E-state index contributed by atoms with van der Waals surface area (Å²) in [6.45, 7) is 9.10. The Morgan fingerprint density at radius 2 is 1.84 bits per heavy atom. The van der Waals surface area contributed by atoms with Crippen molar-refractivity contribution in [2.45, 2.75) is 38.0 Å². The van der Waals surface area contributed by atoms with E-state index in [2.05, 4.69) is 26.1 Å². The molecule has 3 nitrogen and oxygen atoms in total. The van der Waals surface area contributed by atoms with Gasteiger partial charge in [0, 0.05) is 10.5 Å². The van der Waals surface area contributed by atoms with Gasteiger partial charge in [0.05, 0.1) is 0 Å². The van der Waals surface area contributed by atoms with Gasteiger partial charge in [-0.2, -0.15) is 11.8 Å². The first-order valence-electron chi connectivity index (χ1n) is 6.56. The van der Waals surface area contributed by atoms with Crippen LogP contribution in [0.5, 0.6) is 0 Å². The van der Waals surface area contributed by atoms with Crippen LogP contribution in [0.4, 0.5) is 0 Å². The Labute approximate surface area is 120 Å². The number of hydrogen-bond donors (Lipinski definition) is 2. The minimum atomic E-state index is -0.798. The van der Waals surface area contributed by atoms with E-state index in [0.717, 1.165) is 5.56 Å². The monoisotopic (exact) mass is 280 g/mol. The highest BCUT2D eigenvalue weighted by atomic mass is 32.2. The van der Waals surface area contributed by atoms with Crippen LogP contribution in [0.1, 0.15) is 33.3 Å². The summed E-state index contributed by atoms with van der Waals surface area (Å²) in [5, 5.41) is 3.29. The molecule has 0 aliphatic heterocycles. The second-order valence-electron chi connectivity index (χ2n) is 5.57. The van der Waals surface area contributed by atoms with Crippen molar-refractivity contribution >= 4 is 17.7 Å². The van der Waals surface area contributed by atoms with Crippen molar-refractivity contribution in [3.05, 3.63) is 35.9 Å². The van der Waals surface area contributed by atoms with Crippen molar-refractivity contribution < 1.29 is 4.79 Å². The predicted molar refractivity (Wildman–Crippen MR) is 83.2 cm³/mol. The Bertz CT molecular complexity index is 414. The zero-order chi connectivity index (χ0) is 14.5. The lowest BCUT2D eigenvalue weighted by molar-refractivity contribution is -0.123. The topological polar surface area (TPSA) is 55.1 Å². The fourth-order valence-corrected chi connectivity index (χ4v) is 2.95. The zero-order valence-corrected chi connectivity index (χ0v) is 13.0. The van der Waals surface area contributed by atoms with Crippen LogP contribution in [0.2, 0.25) is 0 Å². The second kappa shape index (κ2) is 6.44. The van der Waals surface area contributed by atoms with E-state index in [1.807, 2.05) is 37.3 Å². The van der Waals surface area contributed by atoms with Crippen molar-refractivity contribution in [1.29, 1.82) is 0 Å². The van der Waals surface area contributed by atoms with Gasteiger partial charge in [0.1, 0.15) is 5.54 Å². The van der Waals surface area contributed by atoms with Gasteiger partial charge in [0.25, 0.3) is 0 Å². The van der Waals surface area contributed by atoms with Crippen LogP contribution in [0.15, 0.2) is 30.3 Å². The molecule has 0 saturated heterocycles. The summed E-state index contributed by atoms with van der Waals surface area (Å²) >= 11 is 1.74. The van der Waals surface area contributed by atoms with E-state index in [1.54, 1.807) is 11.8 Å². The first-order valence-corrected chi connectivity index (χ1v) is 7.55. The Morgan fingerprint density at radius 3 is 2.26 bits per heavy atom. The fraction of sp³-hybridized carbons (Fsp3) is 0.533. The molecule has 3 N–H and O–H groups in total. The summed E-state index contributed by atoms with van der Waals surface area (Å²) in [6, 6.07) is 9.73. The van der Waals surface area contributed by atoms with Crippen molar-refractivity contribution in [3.8, 4) is 0 Å². The van der Waals surface area contributed by atoms with Crippen LogP contribution in [0, 0.1) is 0 Å². The van der Waals surface area contributed by atoms with E-state index in [4.69, 9.17) is 5.73 Å². The van der Waals surface area contributed by atoms with E-state index in [1.165, 1.54) is 0 Å². The number of nitrogens with one attached hydrogen (secondary N) is 1. The van der Waals surface area contributed by atoms with Crippen molar-refractivity contribution in [2.24, 2.45) is 5.73 Å². The predicted octanol–water partition coefficient (Wildman–Crippen LogP) is 2.51. The maximum Gasteiger partial charge on any atom is 0.243 e. The average molecular weight is 280 g/mol. The van der Waals surface area contributed by atoms with Crippen molar-refractivity contribution in [3.63, 3.8) is 0 Å². The molecule has 0 aliphatic rings. The van der Waals surface area contributed by atoms with Crippen LogP contribution in [0.3, 0.4) is 0 Å². The van der Waals surface area contributed by atoms with Crippen molar-refractivity contribution in [2.75, 3.05) is 12.3 Å². The molecule has 1 aromatic rings. The fourth-order valence-electron chi connectivity index (χ4n) is 1.89. The summed E-state index contributed by atoms with van der Waals surface area (Å²) in [6.07, 6.45) is 0. The minimum absolute atomic E-state index is 0.0882. The molecule has 1 rings (SSSR count). The quantitative estimate of drug-likeness (QED) is 0.842. The molecule has 4 heteroatoms. The Balaban J connectivity index is 3.11. The number of benzene rings is 1. The number of amides is 1. The van der Waals surface area contributed by atoms with Gasteiger partial charge in [-0.3, -0.25) is 10.1 Å². The van der Waals surface area contributed by atoms with Crippen LogP contribution in [-0.4, -0.2) is 23.0 Å². The molecule has 106 valence electrons. The van der Waals surface area contributed by atoms with Crippen LogP contribution in [0.25, 0.3) is 0 Å². The molecular formula is C15H24N2OS. The van der Waals surface area contributed by atoms with Gasteiger partial charge < -0.3 is 5.73 Å². The molecule has 1 atom stereocenters. The number of hydrogen-bond acceptors (Lipinski definition) is 3. The van der Waals surface area contributed by atoms with E-state index in [-0.39, 0.29) is 10.7 Å². The summed E-state index contributed by atoms with van der Waals surface area (Å²) < 4.78 is 0.0882. The van der Waals surface area contributed by atoms with Crippen LogP contribution in [-0.2, 0) is 10.3 Å². The Morgan fingerprint density at radius 1 is 1.26 bits per heavy atom. The number of carbonyl (C=O) groups is 1. The smallest absolute Gasteiger partial charge is 0.243 e. The summed E-state index contributed by atoms with van der Waals surface area (Å²) in [7, 11) is 0. The maximum atomic E-state index is 12.1. The third-order valence-corrected chi connectivity index (χ3v) is 4.33. The van der Waals surface area contributed by atoms with E-state index < -0.39 is 5.54 Å². The standard InChI is InChI=1S/C15H24N2OS/c1-5-17-15(13(16)18,11-19-14(2,3)4)12-9-7-6-8-10-12/h6-10,17H,5,11H2,1-4H3,(H2,16,18). The molecule has 0 heterocycles. The van der Waals surface area contributed by atoms with E-state index in [9.17, 15) is 4.79 Å². The molecule has 1 amide bonds. The molecule has 0 bridgehead atoms. The lowest BCUT2D eigenvalue weighted by atomic mass is 9.91. The molecule has 0 fully saturated rings. The van der Waals surface area contributed by atoms with Gasteiger partial charge in [-0.15, -0.1) is 0 Å². The number of carbonyl (C=O) groups excluding carboxylic acids is 1. The molecule has 0 radical (unpaired) electrons. The molecule has 0 aliphatic carbocycles. The number of thioether (sulfide) groups is 1. The highest BCUT2D eigenvalue weighted by Gasteiger charge is 2.38. The Kier molecular flexibility index (Phi) is 5.44. The lowest BCUT2D eigenvalue weighted by Crippen LogP contribution is -2.55. The van der Waals surface area contributed by atoms with Crippen LogP contribution >= 0.6 is 11.8 Å². The number of nitrogens with two attached hydrogens (primary N) is 1. The average Bonchev–Trinajstić information content (AvgIpc) is 2.34. The minimum Gasteiger partial charge on any atom is -0.368 e. The number of rotatable bonds is 6. The molecule has 19 heavy (non-hydrogen) atoms. The highest BCUT2D eigenvalue weighted by Crippen LogP contribution is 2.32. The molecule has 0 spiro atoms. The molecule has 0 saturated carbocycles. The lowest BCUT2D eigenvalue weighted by Gasteiger charge is -2.34. The van der Waals surface area contributed by atoms with Gasteiger partial charge in [-0.25, -0.2) is 0 Å². The first-order chi connectivity index (χ1) is 8.82. The van der Waals surface area contributed by atoms with E-state index in [0.29, 0.717) is 12.3 Å². The molecule has 1 aromatic carbocycles. The summed E-state index contributed by atoms with van der Waals surface area (Å²) in [4.78, 5) is 12.1. The third kappa shape index (κ3) is 4.25. The molecular weight excluding hydrogens is 256 g/mol. The first kappa shape index (κ1) is 16.1. The normalized spacial score (nSPS) is 14.9. The van der Waals surface area contributed by atoms with Gasteiger partial charge >= 0.3 is 0 Å². The molecule has 0 aromatic heterocycles. The number of primary amides is 1.